The van der Waals surface area contributed by atoms with Gasteiger partial charge >= 0.3 is 0 Å². The van der Waals surface area contributed by atoms with E-state index in [4.69, 9.17) is 10.5 Å². The molecule has 5 nitrogen and oxygen atoms in total. The Labute approximate surface area is 140 Å². The third-order valence-corrected chi connectivity index (χ3v) is 5.11. The predicted molar refractivity (Wildman–Crippen MR) is 92.0 cm³/mol. The van der Waals surface area contributed by atoms with E-state index in [1.54, 1.807) is 0 Å². The number of hydrogen-bond donors (Lipinski definition) is 1. The van der Waals surface area contributed by atoms with E-state index in [2.05, 4.69) is 4.98 Å². The van der Waals surface area contributed by atoms with Crippen molar-refractivity contribution in [3.63, 3.8) is 0 Å². The molecule has 3 rings (SSSR count). The molecular weight excluding hydrogens is 310 g/mol. The second kappa shape index (κ2) is 6.68. The molecule has 23 heavy (non-hydrogen) atoms. The summed E-state index contributed by atoms with van der Waals surface area (Å²) in [7, 11) is 0. The lowest BCUT2D eigenvalue weighted by atomic mass is 10.2. The summed E-state index contributed by atoms with van der Waals surface area (Å²) in [5, 5.41) is 0.859. The van der Waals surface area contributed by atoms with Gasteiger partial charge in [0.15, 0.2) is 0 Å². The smallest absolute Gasteiger partial charge is 0.265 e. The summed E-state index contributed by atoms with van der Waals surface area (Å²) in [4.78, 5) is 19.7. The number of nitrogens with zero attached hydrogens (tertiary/aromatic N) is 2. The van der Waals surface area contributed by atoms with Gasteiger partial charge in [0.05, 0.1) is 12.3 Å². The van der Waals surface area contributed by atoms with Crippen LogP contribution in [0.4, 0.5) is 0 Å². The molecule has 2 aromatic rings. The summed E-state index contributed by atoms with van der Waals surface area (Å²) in [6.45, 7) is 5.86. The number of aromatic nitrogens is 1. The van der Waals surface area contributed by atoms with Gasteiger partial charge in [0, 0.05) is 24.7 Å². The van der Waals surface area contributed by atoms with Crippen LogP contribution in [0.15, 0.2) is 24.3 Å². The summed E-state index contributed by atoms with van der Waals surface area (Å²) in [6.07, 6.45) is 0.870. The monoisotopic (exact) mass is 331 g/mol. The predicted octanol–water partition coefficient (Wildman–Crippen LogP) is 2.69. The maximum atomic E-state index is 12.6. The molecule has 6 heteroatoms. The lowest BCUT2D eigenvalue weighted by Gasteiger charge is -2.14. The lowest BCUT2D eigenvalue weighted by molar-refractivity contribution is 0.0794. The van der Waals surface area contributed by atoms with E-state index in [0.717, 1.165) is 35.0 Å². The first-order chi connectivity index (χ1) is 11.1. The fourth-order valence-electron chi connectivity index (χ4n) is 2.69. The van der Waals surface area contributed by atoms with Crippen LogP contribution in [0, 0.1) is 6.92 Å². The fraction of sp³-hybridized carbons (Fsp3) is 0.412. The number of carbonyl (C=O) groups is 1. The summed E-state index contributed by atoms with van der Waals surface area (Å²) in [5.41, 5.74) is 7.68. The Hall–Kier alpha value is -1.92. The molecule has 1 aromatic carbocycles. The number of likely N-dealkylation sites (tertiary alicyclic amines) is 1. The van der Waals surface area contributed by atoms with Gasteiger partial charge in [-0.25, -0.2) is 4.98 Å². The molecule has 0 saturated carbocycles. The van der Waals surface area contributed by atoms with Crippen LogP contribution >= 0.6 is 11.3 Å². The highest BCUT2D eigenvalue weighted by molar-refractivity contribution is 7.17. The van der Waals surface area contributed by atoms with Crippen LogP contribution in [0.25, 0.3) is 10.6 Å². The summed E-state index contributed by atoms with van der Waals surface area (Å²) >= 11 is 1.44. The van der Waals surface area contributed by atoms with Crippen molar-refractivity contribution in [1.82, 2.24) is 9.88 Å². The topological polar surface area (TPSA) is 68.5 Å². The Morgan fingerprint density at radius 3 is 2.78 bits per heavy atom. The van der Waals surface area contributed by atoms with Gasteiger partial charge < -0.3 is 15.4 Å². The van der Waals surface area contributed by atoms with Crippen molar-refractivity contribution < 1.29 is 9.53 Å². The first-order valence-corrected chi connectivity index (χ1v) is 8.65. The average molecular weight is 331 g/mol. The van der Waals surface area contributed by atoms with E-state index in [-0.39, 0.29) is 11.9 Å². The number of amides is 1. The van der Waals surface area contributed by atoms with Crippen molar-refractivity contribution in [2.24, 2.45) is 5.73 Å². The first-order valence-electron chi connectivity index (χ1n) is 7.84. The van der Waals surface area contributed by atoms with Crippen molar-refractivity contribution in [1.29, 1.82) is 0 Å². The quantitative estimate of drug-likeness (QED) is 0.935. The molecule has 0 unspecified atom stereocenters. The Kier molecular flexibility index (Phi) is 4.63. The van der Waals surface area contributed by atoms with E-state index < -0.39 is 0 Å². The number of aryl methyl sites for hydroxylation is 1. The number of hydrogen-bond acceptors (Lipinski definition) is 5. The minimum atomic E-state index is 0.0464. The molecule has 2 N–H and O–H groups in total. The maximum absolute atomic E-state index is 12.6. The molecule has 0 bridgehead atoms. The van der Waals surface area contributed by atoms with Crippen LogP contribution in [0.5, 0.6) is 5.75 Å². The second-order valence-corrected chi connectivity index (χ2v) is 6.69. The molecule has 2 heterocycles. The van der Waals surface area contributed by atoms with Gasteiger partial charge in [0.2, 0.25) is 0 Å². The zero-order valence-corrected chi connectivity index (χ0v) is 14.2. The SMILES string of the molecule is CCOc1ccc(-c2nc(C)c(C(=O)N3CC[C@@H](N)C3)s2)cc1. The summed E-state index contributed by atoms with van der Waals surface area (Å²) < 4.78 is 5.45. The number of ether oxygens (including phenoxy) is 1. The molecule has 0 spiro atoms. The van der Waals surface area contributed by atoms with Gasteiger partial charge in [-0.1, -0.05) is 0 Å². The Bertz CT molecular complexity index is 696. The van der Waals surface area contributed by atoms with Crippen molar-refractivity contribution >= 4 is 17.2 Å². The Balaban J connectivity index is 1.81. The largest absolute Gasteiger partial charge is 0.494 e. The molecule has 1 aliphatic heterocycles. The normalized spacial score (nSPS) is 17.5. The third-order valence-electron chi connectivity index (χ3n) is 3.92. The Morgan fingerprint density at radius 2 is 2.17 bits per heavy atom. The van der Waals surface area contributed by atoms with Gasteiger partial charge in [-0.05, 0) is 44.5 Å². The van der Waals surface area contributed by atoms with Crippen molar-refractivity contribution in [2.45, 2.75) is 26.3 Å². The van der Waals surface area contributed by atoms with Gasteiger partial charge in [0.25, 0.3) is 5.91 Å². The Morgan fingerprint density at radius 1 is 1.43 bits per heavy atom. The summed E-state index contributed by atoms with van der Waals surface area (Å²) in [5.74, 6) is 0.886. The number of benzene rings is 1. The zero-order valence-electron chi connectivity index (χ0n) is 13.4. The highest BCUT2D eigenvalue weighted by Crippen LogP contribution is 2.30. The van der Waals surface area contributed by atoms with E-state index in [9.17, 15) is 4.79 Å². The minimum absolute atomic E-state index is 0.0464. The third kappa shape index (κ3) is 3.38. The van der Waals surface area contributed by atoms with Crippen LogP contribution < -0.4 is 10.5 Å². The van der Waals surface area contributed by atoms with Gasteiger partial charge in [-0.15, -0.1) is 11.3 Å². The van der Waals surface area contributed by atoms with Crippen LogP contribution in [-0.2, 0) is 0 Å². The fourth-order valence-corrected chi connectivity index (χ4v) is 3.73. The lowest BCUT2D eigenvalue weighted by Crippen LogP contribution is -2.31. The molecule has 122 valence electrons. The van der Waals surface area contributed by atoms with Crippen LogP contribution in [-0.4, -0.2) is 41.5 Å². The van der Waals surface area contributed by atoms with E-state index in [1.165, 1.54) is 11.3 Å². The van der Waals surface area contributed by atoms with Crippen LogP contribution in [0.2, 0.25) is 0 Å². The summed E-state index contributed by atoms with van der Waals surface area (Å²) in [6, 6.07) is 7.90. The highest BCUT2D eigenvalue weighted by Gasteiger charge is 2.27. The standard InChI is InChI=1S/C17H21N3O2S/c1-3-22-14-6-4-12(5-7-14)16-19-11(2)15(23-16)17(21)20-9-8-13(18)10-20/h4-7,13H,3,8-10,18H2,1-2H3/t13-/m1/s1. The van der Waals surface area contributed by atoms with E-state index >= 15 is 0 Å². The average Bonchev–Trinajstić information content (AvgIpc) is 3.14. The second-order valence-electron chi connectivity index (χ2n) is 5.69. The van der Waals surface area contributed by atoms with E-state index in [1.807, 2.05) is 43.0 Å². The molecule has 0 radical (unpaired) electrons. The maximum Gasteiger partial charge on any atom is 0.265 e. The van der Waals surface area contributed by atoms with Crippen LogP contribution in [0.1, 0.15) is 28.7 Å². The number of thiazole rings is 1. The van der Waals surface area contributed by atoms with Crippen molar-refractivity contribution in [3.8, 4) is 16.3 Å². The molecule has 1 aromatic heterocycles. The highest BCUT2D eigenvalue weighted by atomic mass is 32.1. The number of carbonyl (C=O) groups excluding carboxylic acids is 1. The van der Waals surface area contributed by atoms with E-state index in [0.29, 0.717) is 18.0 Å². The molecule has 1 atom stereocenters. The van der Waals surface area contributed by atoms with Gasteiger partial charge in [-0.3, -0.25) is 4.79 Å². The molecule has 1 amide bonds. The van der Waals surface area contributed by atoms with Crippen LogP contribution in [0.3, 0.4) is 0 Å². The van der Waals surface area contributed by atoms with Crippen molar-refractivity contribution in [3.05, 3.63) is 34.8 Å². The van der Waals surface area contributed by atoms with Gasteiger partial charge in [-0.2, -0.15) is 0 Å². The number of nitrogens with two attached hydrogens (primary N) is 1. The first kappa shape index (κ1) is 16.0. The molecule has 0 aliphatic carbocycles. The van der Waals surface area contributed by atoms with Gasteiger partial charge in [0.1, 0.15) is 15.6 Å². The number of rotatable bonds is 4. The zero-order chi connectivity index (χ0) is 16.4. The molecular formula is C17H21N3O2S. The van der Waals surface area contributed by atoms with Crippen molar-refractivity contribution in [2.75, 3.05) is 19.7 Å². The molecule has 1 fully saturated rings. The molecule has 1 aliphatic rings. The molecule has 1 saturated heterocycles. The minimum Gasteiger partial charge on any atom is -0.494 e.